The van der Waals surface area contributed by atoms with Crippen molar-refractivity contribution in [1.82, 2.24) is 0 Å². The summed E-state index contributed by atoms with van der Waals surface area (Å²) in [6.45, 7) is 11.9. The molecule has 1 aromatic carbocycles. The molecule has 0 aliphatic carbocycles. The second kappa shape index (κ2) is 10.0. The fourth-order valence-corrected chi connectivity index (χ4v) is 4.21. The molecule has 3 nitrogen and oxygen atoms in total. The number of carbonyl (C=O) groups excluding carboxylic acids is 1. The molecule has 24 heavy (non-hydrogen) atoms. The molecule has 0 bridgehead atoms. The zero-order chi connectivity index (χ0) is 16.9. The fourth-order valence-electron chi connectivity index (χ4n) is 4.21. The maximum atomic E-state index is 13.1. The first-order valence-electron chi connectivity index (χ1n) is 9.27. The minimum absolute atomic E-state index is 0. The van der Waals surface area contributed by atoms with Gasteiger partial charge in [-0.15, -0.1) is 0 Å². The number of hydrogen-bond donors (Lipinski definition) is 1. The summed E-state index contributed by atoms with van der Waals surface area (Å²) in [4.78, 5) is 13.1. The van der Waals surface area contributed by atoms with Crippen molar-refractivity contribution in [2.45, 2.75) is 65.8 Å². The van der Waals surface area contributed by atoms with Crippen LogP contribution < -0.4 is 5.32 Å². The van der Waals surface area contributed by atoms with Crippen LogP contribution in [0.4, 0.5) is 5.69 Å². The molecule has 1 aliphatic rings. The third kappa shape index (κ3) is 4.89. The van der Waals surface area contributed by atoms with E-state index in [9.17, 15) is 4.79 Å². The topological polar surface area (TPSA) is 29.1 Å². The first kappa shape index (κ1) is 21.8. The standard InChI is InChI=1S/C20H32N2O.Y/c1-5-18(22(6-2)14-9-7-8-10-15-22)20(23)21-19-16(3)12-11-13-17(19)4;/h11-13,18H,5-10,14-15H2,1-4H3;/p+1. The van der Waals surface area contributed by atoms with Crippen LogP contribution in [0.25, 0.3) is 0 Å². The van der Waals surface area contributed by atoms with Crippen molar-refractivity contribution < 1.29 is 42.0 Å². The van der Waals surface area contributed by atoms with E-state index in [4.69, 9.17) is 0 Å². The molecule has 1 fully saturated rings. The minimum Gasteiger partial charge on any atom is -0.320 e. The summed E-state index contributed by atoms with van der Waals surface area (Å²) in [5.74, 6) is 0.202. The Morgan fingerprint density at radius 2 is 1.62 bits per heavy atom. The maximum absolute atomic E-state index is 13.1. The van der Waals surface area contributed by atoms with Gasteiger partial charge in [-0.3, -0.25) is 4.79 Å². The Morgan fingerprint density at radius 3 is 2.08 bits per heavy atom. The number of likely N-dealkylation sites (tertiary alicyclic amines) is 1. The van der Waals surface area contributed by atoms with E-state index >= 15 is 0 Å². The van der Waals surface area contributed by atoms with Gasteiger partial charge in [0.15, 0.2) is 6.04 Å². The van der Waals surface area contributed by atoms with Crippen molar-refractivity contribution in [3.05, 3.63) is 29.3 Å². The normalized spacial score (nSPS) is 18.2. The molecular formula is C20H33N2OY+. The Morgan fingerprint density at radius 1 is 1.08 bits per heavy atom. The number of likely N-dealkylation sites (N-methyl/N-ethyl adjacent to an activating group) is 1. The third-order valence-electron chi connectivity index (χ3n) is 5.67. The molecule has 1 unspecified atom stereocenters. The number of hydrogen-bond acceptors (Lipinski definition) is 1. The molecule has 1 radical (unpaired) electrons. The van der Waals surface area contributed by atoms with Crippen molar-refractivity contribution in [2.75, 3.05) is 25.0 Å². The van der Waals surface area contributed by atoms with Crippen LogP contribution in [-0.2, 0) is 37.5 Å². The van der Waals surface area contributed by atoms with E-state index in [-0.39, 0.29) is 44.7 Å². The SMILES string of the molecule is CCC(C(=O)Nc1c(C)cccc1C)[N+]1(CC)CCCCCC1.[Y]. The van der Waals surface area contributed by atoms with Gasteiger partial charge in [0.2, 0.25) is 0 Å². The van der Waals surface area contributed by atoms with Crippen LogP contribution in [0.5, 0.6) is 0 Å². The van der Waals surface area contributed by atoms with Gasteiger partial charge in [0.25, 0.3) is 5.91 Å². The molecule has 2 rings (SSSR count). The van der Waals surface area contributed by atoms with Crippen LogP contribution in [0.2, 0.25) is 0 Å². The molecule has 1 saturated heterocycles. The number of nitrogens with zero attached hydrogens (tertiary/aromatic N) is 1. The number of anilines is 1. The van der Waals surface area contributed by atoms with E-state index in [0.29, 0.717) is 0 Å². The summed E-state index contributed by atoms with van der Waals surface area (Å²) >= 11 is 0. The Bertz CT molecular complexity index is 516. The summed E-state index contributed by atoms with van der Waals surface area (Å²) in [6, 6.07) is 6.25. The molecule has 1 aliphatic heterocycles. The van der Waals surface area contributed by atoms with Crippen LogP contribution in [0, 0.1) is 13.8 Å². The number of amides is 1. The smallest absolute Gasteiger partial charge is 0.282 e. The first-order valence-corrected chi connectivity index (χ1v) is 9.27. The number of rotatable bonds is 5. The molecular weight excluding hydrogens is 373 g/mol. The number of para-hydroxylation sites is 1. The quantitative estimate of drug-likeness (QED) is 0.721. The minimum atomic E-state index is 0. The van der Waals surface area contributed by atoms with Crippen LogP contribution in [-0.4, -0.2) is 36.1 Å². The Kier molecular flexibility index (Phi) is 9.12. The number of quaternary nitrogens is 1. The van der Waals surface area contributed by atoms with Gasteiger partial charge in [0.05, 0.1) is 19.6 Å². The number of benzene rings is 1. The molecule has 4 heteroatoms. The second-order valence-electron chi connectivity index (χ2n) is 7.08. The van der Waals surface area contributed by atoms with Gasteiger partial charge in [-0.25, -0.2) is 0 Å². The Balaban J connectivity index is 0.00000288. The van der Waals surface area contributed by atoms with Gasteiger partial charge in [-0.2, -0.15) is 0 Å². The van der Waals surface area contributed by atoms with Crippen LogP contribution in [0.15, 0.2) is 18.2 Å². The van der Waals surface area contributed by atoms with Crippen molar-refractivity contribution in [3.8, 4) is 0 Å². The molecule has 1 atom stereocenters. The number of carbonyl (C=O) groups is 1. The maximum Gasteiger partial charge on any atom is 0.282 e. The van der Waals surface area contributed by atoms with Gasteiger partial charge in [0.1, 0.15) is 0 Å². The average Bonchev–Trinajstić information content (AvgIpc) is 2.78. The van der Waals surface area contributed by atoms with E-state index in [0.717, 1.165) is 47.4 Å². The molecule has 131 valence electrons. The van der Waals surface area contributed by atoms with Crippen molar-refractivity contribution in [1.29, 1.82) is 0 Å². The third-order valence-corrected chi connectivity index (χ3v) is 5.67. The predicted molar refractivity (Wildman–Crippen MR) is 97.6 cm³/mol. The first-order chi connectivity index (χ1) is 11.0. The van der Waals surface area contributed by atoms with Gasteiger partial charge in [-0.1, -0.05) is 25.1 Å². The van der Waals surface area contributed by atoms with Crippen LogP contribution in [0.3, 0.4) is 0 Å². The van der Waals surface area contributed by atoms with Gasteiger partial charge in [0, 0.05) is 44.8 Å². The van der Waals surface area contributed by atoms with Gasteiger partial charge < -0.3 is 9.80 Å². The Hall–Kier alpha value is -0.246. The predicted octanol–water partition coefficient (Wildman–Crippen LogP) is 4.43. The van der Waals surface area contributed by atoms with Gasteiger partial charge >= 0.3 is 0 Å². The van der Waals surface area contributed by atoms with E-state index < -0.39 is 0 Å². The molecule has 0 spiro atoms. The molecule has 1 amide bonds. The van der Waals surface area contributed by atoms with E-state index in [1.54, 1.807) is 0 Å². The zero-order valence-corrected chi connectivity index (χ0v) is 18.7. The molecule has 1 heterocycles. The van der Waals surface area contributed by atoms with E-state index in [1.165, 1.54) is 25.7 Å². The van der Waals surface area contributed by atoms with Crippen molar-refractivity contribution in [3.63, 3.8) is 0 Å². The molecule has 0 saturated carbocycles. The van der Waals surface area contributed by atoms with E-state index in [2.05, 4.69) is 45.1 Å². The van der Waals surface area contributed by atoms with E-state index in [1.807, 2.05) is 6.07 Å². The summed E-state index contributed by atoms with van der Waals surface area (Å²) < 4.78 is 0.966. The van der Waals surface area contributed by atoms with Crippen molar-refractivity contribution >= 4 is 11.6 Å². The van der Waals surface area contributed by atoms with Crippen LogP contribution in [0.1, 0.15) is 57.1 Å². The molecule has 1 N–H and O–H groups in total. The zero-order valence-electron chi connectivity index (χ0n) is 15.9. The summed E-state index contributed by atoms with van der Waals surface area (Å²) in [7, 11) is 0. The Labute approximate surface area is 173 Å². The summed E-state index contributed by atoms with van der Waals surface area (Å²) in [6.07, 6.45) is 6.04. The summed E-state index contributed by atoms with van der Waals surface area (Å²) in [5.41, 5.74) is 3.29. The van der Waals surface area contributed by atoms with Crippen LogP contribution >= 0.6 is 0 Å². The van der Waals surface area contributed by atoms with Crippen molar-refractivity contribution in [2.24, 2.45) is 0 Å². The largest absolute Gasteiger partial charge is 0.320 e. The molecule has 0 aromatic heterocycles. The number of nitrogens with one attached hydrogen (secondary N) is 1. The van der Waals surface area contributed by atoms with Gasteiger partial charge in [-0.05, 0) is 57.6 Å². The monoisotopic (exact) mass is 406 g/mol. The summed E-state index contributed by atoms with van der Waals surface area (Å²) in [5, 5.41) is 3.25. The fraction of sp³-hybridized carbons (Fsp3) is 0.650. The number of aryl methyl sites for hydroxylation is 2. The average molecular weight is 406 g/mol. The second-order valence-corrected chi connectivity index (χ2v) is 7.08. The molecule has 1 aromatic rings.